The van der Waals surface area contributed by atoms with Crippen LogP contribution < -0.4 is 4.90 Å². The SMILES string of the molecule is CC1=Cc2cc(CCS(=O)(=O)CC3CCC(N(C)c4ncnc5[nH]ccc45)CC3)ccc2C1. The highest BCUT2D eigenvalue weighted by molar-refractivity contribution is 7.91. The molecule has 3 aromatic rings. The van der Waals surface area contributed by atoms with Crippen molar-refractivity contribution in [2.45, 2.75) is 51.5 Å². The van der Waals surface area contributed by atoms with Crippen LogP contribution in [0.2, 0.25) is 0 Å². The Balaban J connectivity index is 1.14. The Morgan fingerprint density at radius 1 is 1.12 bits per heavy atom. The number of aromatic amines is 1. The van der Waals surface area contributed by atoms with Crippen LogP contribution in [0.25, 0.3) is 17.1 Å². The highest BCUT2D eigenvalue weighted by atomic mass is 32.2. The first-order valence-corrected chi connectivity index (χ1v) is 13.7. The third-order valence-electron chi connectivity index (χ3n) is 7.30. The Labute approximate surface area is 196 Å². The second kappa shape index (κ2) is 8.93. The summed E-state index contributed by atoms with van der Waals surface area (Å²) in [7, 11) is -0.982. The van der Waals surface area contributed by atoms with E-state index in [0.29, 0.717) is 18.2 Å². The minimum Gasteiger partial charge on any atom is -0.356 e. The summed E-state index contributed by atoms with van der Waals surface area (Å²) in [6.07, 6.45) is 11.2. The van der Waals surface area contributed by atoms with E-state index in [-0.39, 0.29) is 11.7 Å². The molecule has 0 radical (unpaired) electrons. The van der Waals surface area contributed by atoms with Crippen molar-refractivity contribution < 1.29 is 8.42 Å². The van der Waals surface area contributed by atoms with Gasteiger partial charge in [0.2, 0.25) is 0 Å². The highest BCUT2D eigenvalue weighted by Crippen LogP contribution is 2.32. The lowest BCUT2D eigenvalue weighted by Gasteiger charge is -2.35. The van der Waals surface area contributed by atoms with Gasteiger partial charge in [-0.05, 0) is 74.1 Å². The maximum absolute atomic E-state index is 12.9. The molecule has 2 aliphatic rings. The number of aryl methyl sites for hydroxylation is 1. The van der Waals surface area contributed by atoms with Gasteiger partial charge in [0.1, 0.15) is 17.8 Å². The summed E-state index contributed by atoms with van der Waals surface area (Å²) in [6, 6.07) is 8.80. The van der Waals surface area contributed by atoms with E-state index < -0.39 is 9.84 Å². The number of sulfone groups is 1. The molecule has 0 amide bonds. The molecule has 1 aromatic carbocycles. The minimum absolute atomic E-state index is 0.237. The molecule has 5 rings (SSSR count). The van der Waals surface area contributed by atoms with Crippen LogP contribution in [0, 0.1) is 5.92 Å². The highest BCUT2D eigenvalue weighted by Gasteiger charge is 2.28. The Bertz CT molecular complexity index is 1290. The summed E-state index contributed by atoms with van der Waals surface area (Å²) in [5, 5.41) is 1.03. The maximum Gasteiger partial charge on any atom is 0.150 e. The molecule has 0 aliphatic heterocycles. The van der Waals surface area contributed by atoms with Crippen LogP contribution >= 0.6 is 0 Å². The first-order valence-electron chi connectivity index (χ1n) is 11.9. The van der Waals surface area contributed by atoms with Gasteiger partial charge in [0.05, 0.1) is 16.9 Å². The summed E-state index contributed by atoms with van der Waals surface area (Å²) in [5.41, 5.74) is 5.94. The van der Waals surface area contributed by atoms with Crippen molar-refractivity contribution >= 4 is 32.8 Å². The molecule has 1 N–H and O–H groups in total. The van der Waals surface area contributed by atoms with Gasteiger partial charge in [-0.3, -0.25) is 0 Å². The second-order valence-corrected chi connectivity index (χ2v) is 12.0. The molecule has 2 aliphatic carbocycles. The molecular weight excluding hydrogens is 432 g/mol. The van der Waals surface area contributed by atoms with Gasteiger partial charge in [0.25, 0.3) is 0 Å². The molecule has 174 valence electrons. The molecule has 0 unspecified atom stereocenters. The average Bonchev–Trinajstić information content (AvgIpc) is 3.42. The number of H-pyrrole nitrogens is 1. The van der Waals surface area contributed by atoms with Crippen LogP contribution in [0.3, 0.4) is 0 Å². The van der Waals surface area contributed by atoms with E-state index in [9.17, 15) is 8.42 Å². The van der Waals surface area contributed by atoms with Crippen LogP contribution in [0.1, 0.15) is 49.3 Å². The number of hydrogen-bond acceptors (Lipinski definition) is 5. The lowest BCUT2D eigenvalue weighted by Crippen LogP contribution is -2.37. The maximum atomic E-state index is 12.9. The predicted molar refractivity (Wildman–Crippen MR) is 134 cm³/mol. The van der Waals surface area contributed by atoms with Crippen LogP contribution in [0.5, 0.6) is 0 Å². The summed E-state index contributed by atoms with van der Waals surface area (Å²) >= 11 is 0. The fourth-order valence-electron chi connectivity index (χ4n) is 5.44. The van der Waals surface area contributed by atoms with E-state index in [4.69, 9.17) is 0 Å². The third kappa shape index (κ3) is 4.83. The molecule has 33 heavy (non-hydrogen) atoms. The normalized spacial score (nSPS) is 20.6. The molecule has 2 heterocycles. The largest absolute Gasteiger partial charge is 0.356 e. The van der Waals surface area contributed by atoms with E-state index in [0.717, 1.165) is 54.5 Å². The van der Waals surface area contributed by atoms with Crippen molar-refractivity contribution in [1.82, 2.24) is 15.0 Å². The van der Waals surface area contributed by atoms with Gasteiger partial charge < -0.3 is 9.88 Å². The van der Waals surface area contributed by atoms with Gasteiger partial charge in [-0.1, -0.05) is 29.8 Å². The number of aromatic nitrogens is 3. The van der Waals surface area contributed by atoms with Gasteiger partial charge >= 0.3 is 0 Å². The summed E-state index contributed by atoms with van der Waals surface area (Å²) in [6.45, 7) is 2.14. The number of fused-ring (bicyclic) bond motifs is 2. The molecule has 2 aromatic heterocycles. The third-order valence-corrected chi connectivity index (χ3v) is 9.11. The smallest absolute Gasteiger partial charge is 0.150 e. The van der Waals surface area contributed by atoms with Crippen molar-refractivity contribution in [1.29, 1.82) is 0 Å². The second-order valence-electron chi connectivity index (χ2n) is 9.79. The van der Waals surface area contributed by atoms with Crippen LogP contribution in [0.4, 0.5) is 5.82 Å². The first kappa shape index (κ1) is 22.1. The van der Waals surface area contributed by atoms with Crippen LogP contribution in [-0.2, 0) is 22.7 Å². The molecule has 0 bridgehead atoms. The number of benzene rings is 1. The minimum atomic E-state index is -3.07. The van der Waals surface area contributed by atoms with Gasteiger partial charge in [-0.25, -0.2) is 18.4 Å². The van der Waals surface area contributed by atoms with Crippen molar-refractivity contribution in [2.75, 3.05) is 23.5 Å². The van der Waals surface area contributed by atoms with E-state index in [2.05, 4.69) is 58.1 Å². The number of hydrogen-bond donors (Lipinski definition) is 1. The molecule has 6 nitrogen and oxygen atoms in total. The first-order chi connectivity index (χ1) is 15.9. The number of allylic oxidation sites excluding steroid dienone is 1. The molecule has 7 heteroatoms. The summed E-state index contributed by atoms with van der Waals surface area (Å²) in [4.78, 5) is 14.2. The Kier molecular flexibility index (Phi) is 5.99. The standard InChI is InChI=1S/C26H32N4O2S/c1-18-13-21-6-3-19(15-22(21)14-18)10-12-33(31,32)16-20-4-7-23(8-5-20)30(2)26-24-9-11-27-25(24)28-17-29-26/h3,6,9,11,14-15,17,20,23H,4-5,7-8,10,12-13,16H2,1-2H3,(H,27,28,29). The van der Waals surface area contributed by atoms with Crippen molar-refractivity contribution in [2.24, 2.45) is 5.92 Å². The zero-order valence-electron chi connectivity index (χ0n) is 19.4. The monoisotopic (exact) mass is 464 g/mol. The zero-order valence-corrected chi connectivity index (χ0v) is 20.2. The summed E-state index contributed by atoms with van der Waals surface area (Å²) in [5.74, 6) is 1.74. The molecule has 0 spiro atoms. The number of rotatable bonds is 7. The fraction of sp³-hybridized carbons (Fsp3) is 0.462. The van der Waals surface area contributed by atoms with E-state index in [1.165, 1.54) is 16.7 Å². The number of nitrogens with zero attached hydrogens (tertiary/aromatic N) is 3. The zero-order chi connectivity index (χ0) is 23.0. The van der Waals surface area contributed by atoms with Crippen molar-refractivity contribution in [3.63, 3.8) is 0 Å². The Morgan fingerprint density at radius 2 is 1.94 bits per heavy atom. The van der Waals surface area contributed by atoms with Gasteiger partial charge in [-0.15, -0.1) is 0 Å². The van der Waals surface area contributed by atoms with E-state index in [1.807, 2.05) is 12.3 Å². The van der Waals surface area contributed by atoms with Gasteiger partial charge in [0.15, 0.2) is 9.84 Å². The van der Waals surface area contributed by atoms with Crippen molar-refractivity contribution in [3.8, 4) is 0 Å². The van der Waals surface area contributed by atoms with Gasteiger partial charge in [-0.2, -0.15) is 0 Å². The molecule has 1 saturated carbocycles. The Morgan fingerprint density at radius 3 is 2.76 bits per heavy atom. The van der Waals surface area contributed by atoms with Crippen LogP contribution in [-0.4, -0.2) is 48.0 Å². The average molecular weight is 465 g/mol. The summed E-state index contributed by atoms with van der Waals surface area (Å²) < 4.78 is 25.7. The molecule has 0 atom stereocenters. The van der Waals surface area contributed by atoms with Crippen LogP contribution in [0.15, 0.2) is 42.4 Å². The van der Waals surface area contributed by atoms with Crippen molar-refractivity contribution in [3.05, 3.63) is 59.1 Å². The fourth-order valence-corrected chi connectivity index (χ4v) is 7.20. The lowest BCUT2D eigenvalue weighted by atomic mass is 9.86. The van der Waals surface area contributed by atoms with E-state index in [1.54, 1.807) is 6.33 Å². The number of anilines is 1. The molecule has 0 saturated heterocycles. The topological polar surface area (TPSA) is 79.0 Å². The molecular formula is C26H32N4O2S. The molecule has 1 fully saturated rings. The van der Waals surface area contributed by atoms with Gasteiger partial charge in [0, 0.05) is 19.3 Å². The quantitative estimate of drug-likeness (QED) is 0.554. The van der Waals surface area contributed by atoms with E-state index >= 15 is 0 Å². The lowest BCUT2D eigenvalue weighted by molar-refractivity contribution is 0.341. The number of nitrogens with one attached hydrogen (secondary N) is 1. The Hall–Kier alpha value is -2.67. The predicted octanol–water partition coefficient (Wildman–Crippen LogP) is 4.57.